The van der Waals surface area contributed by atoms with Crippen LogP contribution in [0.2, 0.25) is 0 Å². The van der Waals surface area contributed by atoms with Gasteiger partial charge in [0.15, 0.2) is 12.2 Å². The molecule has 0 fully saturated rings. The van der Waals surface area contributed by atoms with Gasteiger partial charge in [0.1, 0.15) is 19.3 Å². The highest BCUT2D eigenvalue weighted by Gasteiger charge is 2.30. The van der Waals surface area contributed by atoms with Crippen LogP contribution in [-0.2, 0) is 65.4 Å². The largest absolute Gasteiger partial charge is 0.472 e. The van der Waals surface area contributed by atoms with Gasteiger partial charge in [0.05, 0.1) is 26.4 Å². The Morgan fingerprint density at radius 2 is 0.615 bits per heavy atom. The molecule has 17 nitrogen and oxygen atoms in total. The van der Waals surface area contributed by atoms with E-state index in [9.17, 15) is 43.2 Å². The molecule has 0 spiro atoms. The lowest BCUT2D eigenvalue weighted by atomic mass is 10.00. The Bertz CT molecular complexity index is 1580. The first-order chi connectivity index (χ1) is 37.1. The summed E-state index contributed by atoms with van der Waals surface area (Å²) in [7, 11) is -9.88. The minimum Gasteiger partial charge on any atom is -0.462 e. The summed E-state index contributed by atoms with van der Waals surface area (Å²) in [5.74, 6) is 0.621. The minimum atomic E-state index is -4.94. The molecule has 78 heavy (non-hydrogen) atoms. The minimum absolute atomic E-state index is 0.100. The SMILES string of the molecule is CCC(C)CCCCCCCCC(=O)OC[C@H](COP(=O)(O)OC[C@H](O)COP(=O)(O)OC[C@@H](COC(=O)CCCCCCCCC(C)C)OC(=O)CCCCCCCCC(C)C)OC(=O)CCCCCCCCCC(C)C. The third-order valence-corrected chi connectivity index (χ3v) is 15.6. The maximum absolute atomic E-state index is 12.9. The molecule has 0 saturated heterocycles. The highest BCUT2D eigenvalue weighted by Crippen LogP contribution is 2.45. The first kappa shape index (κ1) is 76.1. The molecular weight excluding hydrogens is 1040 g/mol. The smallest absolute Gasteiger partial charge is 0.462 e. The van der Waals surface area contributed by atoms with Crippen molar-refractivity contribution in [3.05, 3.63) is 0 Å². The van der Waals surface area contributed by atoms with Crippen LogP contribution in [0.25, 0.3) is 0 Å². The lowest BCUT2D eigenvalue weighted by Crippen LogP contribution is -2.30. The number of carbonyl (C=O) groups is 4. The van der Waals surface area contributed by atoms with E-state index < -0.39 is 97.5 Å². The Hall–Kier alpha value is -1.94. The molecule has 0 aliphatic carbocycles. The number of aliphatic hydroxyl groups is 1. The highest BCUT2D eigenvalue weighted by atomic mass is 31.2. The first-order valence-electron chi connectivity index (χ1n) is 30.7. The fourth-order valence-corrected chi connectivity index (χ4v) is 10.1. The van der Waals surface area contributed by atoms with E-state index in [1.165, 1.54) is 64.2 Å². The predicted molar refractivity (Wildman–Crippen MR) is 307 cm³/mol. The third kappa shape index (κ3) is 52.2. The Morgan fingerprint density at radius 1 is 0.359 bits per heavy atom. The van der Waals surface area contributed by atoms with Crippen LogP contribution in [0, 0.1) is 23.7 Å². The summed E-state index contributed by atoms with van der Waals surface area (Å²) in [5.41, 5.74) is 0. The number of unbranched alkanes of at least 4 members (excludes halogenated alkanes) is 21. The maximum atomic E-state index is 12.9. The van der Waals surface area contributed by atoms with Gasteiger partial charge in [-0.05, 0) is 49.4 Å². The van der Waals surface area contributed by atoms with Crippen molar-refractivity contribution in [2.75, 3.05) is 39.6 Å². The first-order valence-corrected chi connectivity index (χ1v) is 33.7. The molecule has 0 saturated carbocycles. The summed E-state index contributed by atoms with van der Waals surface area (Å²) in [6.45, 7) is 13.8. The molecule has 19 heteroatoms. The van der Waals surface area contributed by atoms with Gasteiger partial charge in [-0.2, -0.15) is 0 Å². The van der Waals surface area contributed by atoms with Crippen molar-refractivity contribution < 1.29 is 80.2 Å². The van der Waals surface area contributed by atoms with E-state index in [1.54, 1.807) is 0 Å². The van der Waals surface area contributed by atoms with E-state index in [2.05, 4.69) is 55.4 Å². The quantitative estimate of drug-likeness (QED) is 0.0222. The average molecular weight is 1160 g/mol. The number of hydrogen-bond donors (Lipinski definition) is 3. The fraction of sp³-hybridized carbons (Fsp3) is 0.932. The van der Waals surface area contributed by atoms with Gasteiger partial charge in [-0.15, -0.1) is 0 Å². The maximum Gasteiger partial charge on any atom is 0.472 e. The number of ether oxygens (including phenoxy) is 4. The molecular formula is C59H114O17P2. The van der Waals surface area contributed by atoms with Gasteiger partial charge in [-0.3, -0.25) is 37.3 Å². The topological polar surface area (TPSA) is 237 Å². The zero-order valence-electron chi connectivity index (χ0n) is 50.3. The third-order valence-electron chi connectivity index (χ3n) is 13.7. The molecule has 0 heterocycles. The van der Waals surface area contributed by atoms with Crippen molar-refractivity contribution in [2.24, 2.45) is 23.7 Å². The highest BCUT2D eigenvalue weighted by molar-refractivity contribution is 7.47. The number of carbonyl (C=O) groups excluding carboxylic acids is 4. The zero-order chi connectivity index (χ0) is 58.3. The number of phosphoric ester groups is 2. The summed E-state index contributed by atoms with van der Waals surface area (Å²) in [6, 6.07) is 0. The van der Waals surface area contributed by atoms with Gasteiger partial charge >= 0.3 is 39.5 Å². The molecule has 0 aliphatic heterocycles. The van der Waals surface area contributed by atoms with Crippen molar-refractivity contribution in [1.29, 1.82) is 0 Å². The predicted octanol–water partition coefficient (Wildman–Crippen LogP) is 15.4. The molecule has 0 aromatic rings. The summed E-state index contributed by atoms with van der Waals surface area (Å²) < 4.78 is 67.7. The lowest BCUT2D eigenvalue weighted by Gasteiger charge is -2.21. The Labute approximate surface area is 473 Å². The molecule has 0 bridgehead atoms. The Kier molecular flexibility index (Phi) is 48.4. The van der Waals surface area contributed by atoms with Gasteiger partial charge in [-0.25, -0.2) is 9.13 Å². The molecule has 0 aliphatic rings. The van der Waals surface area contributed by atoms with Crippen LogP contribution in [0.5, 0.6) is 0 Å². The fourth-order valence-electron chi connectivity index (χ4n) is 8.51. The van der Waals surface area contributed by atoms with Crippen molar-refractivity contribution >= 4 is 39.5 Å². The van der Waals surface area contributed by atoms with E-state index in [-0.39, 0.29) is 25.7 Å². The van der Waals surface area contributed by atoms with E-state index in [0.29, 0.717) is 43.4 Å². The molecule has 6 atom stereocenters. The molecule has 0 amide bonds. The number of aliphatic hydroxyl groups excluding tert-OH is 1. The van der Waals surface area contributed by atoms with E-state index in [1.807, 2.05) is 0 Å². The average Bonchev–Trinajstić information content (AvgIpc) is 3.38. The molecule has 0 rings (SSSR count). The molecule has 462 valence electrons. The van der Waals surface area contributed by atoms with E-state index in [4.69, 9.17) is 37.0 Å². The van der Waals surface area contributed by atoms with Crippen LogP contribution < -0.4 is 0 Å². The standard InChI is InChI=1S/C59H114O17P2/c1-9-52(8)38-30-22-15-18-24-32-40-57(62)70-45-54(75-58(63)41-33-25-12-10-11-19-27-35-49(2)3)47-73-77(65,66)71-43-53(60)44-72-78(67,68)74-48-55(76-59(64)42-34-26-17-14-21-29-37-51(6)7)46-69-56(61)39-31-23-16-13-20-28-36-50(4)5/h49-55,60H,9-48H2,1-8H3,(H,65,66)(H,67,68)/t52?,53-,54+,55+/m0/s1. The summed E-state index contributed by atoms with van der Waals surface area (Å²) in [4.78, 5) is 71.9. The number of phosphoric acid groups is 2. The molecule has 3 unspecified atom stereocenters. The monoisotopic (exact) mass is 1160 g/mol. The van der Waals surface area contributed by atoms with Crippen molar-refractivity contribution in [1.82, 2.24) is 0 Å². The normalized spacial score (nSPS) is 14.9. The second-order valence-corrected chi connectivity index (χ2v) is 26.0. The van der Waals surface area contributed by atoms with Gasteiger partial charge in [-0.1, -0.05) is 222 Å². The number of rotatable bonds is 56. The molecule has 0 aromatic heterocycles. The van der Waals surface area contributed by atoms with Crippen LogP contribution >= 0.6 is 15.6 Å². The number of hydrogen-bond acceptors (Lipinski definition) is 15. The second-order valence-electron chi connectivity index (χ2n) is 23.1. The van der Waals surface area contributed by atoms with Crippen molar-refractivity contribution in [3.63, 3.8) is 0 Å². The summed E-state index contributed by atoms with van der Waals surface area (Å²) in [6.07, 6.45) is 27.1. The molecule has 3 N–H and O–H groups in total. The van der Waals surface area contributed by atoms with Gasteiger partial charge in [0.2, 0.25) is 0 Å². The molecule has 0 aromatic carbocycles. The van der Waals surface area contributed by atoms with E-state index in [0.717, 1.165) is 109 Å². The van der Waals surface area contributed by atoms with Crippen LogP contribution in [0.4, 0.5) is 0 Å². The van der Waals surface area contributed by atoms with Crippen LogP contribution in [0.3, 0.4) is 0 Å². The number of esters is 4. The molecule has 0 radical (unpaired) electrons. The van der Waals surface area contributed by atoms with Crippen molar-refractivity contribution in [2.45, 2.75) is 292 Å². The Morgan fingerprint density at radius 3 is 0.910 bits per heavy atom. The van der Waals surface area contributed by atoms with Crippen LogP contribution in [-0.4, -0.2) is 96.7 Å². The zero-order valence-corrected chi connectivity index (χ0v) is 52.1. The van der Waals surface area contributed by atoms with Crippen LogP contribution in [0.1, 0.15) is 274 Å². The van der Waals surface area contributed by atoms with Gasteiger partial charge in [0.25, 0.3) is 0 Å². The van der Waals surface area contributed by atoms with Crippen LogP contribution in [0.15, 0.2) is 0 Å². The van der Waals surface area contributed by atoms with Gasteiger partial charge < -0.3 is 33.8 Å². The lowest BCUT2D eigenvalue weighted by molar-refractivity contribution is -0.161. The van der Waals surface area contributed by atoms with E-state index >= 15 is 0 Å². The van der Waals surface area contributed by atoms with Crippen molar-refractivity contribution in [3.8, 4) is 0 Å². The van der Waals surface area contributed by atoms with Gasteiger partial charge in [0, 0.05) is 25.7 Å². The second kappa shape index (κ2) is 49.7. The Balaban J connectivity index is 5.25. The summed E-state index contributed by atoms with van der Waals surface area (Å²) in [5, 5.41) is 10.5. The summed E-state index contributed by atoms with van der Waals surface area (Å²) >= 11 is 0.